The number of carbonyl (C=O) groups is 2. The lowest BCUT2D eigenvalue weighted by Gasteiger charge is -2.26. The van der Waals surface area contributed by atoms with E-state index in [2.05, 4.69) is 5.28 Å². The molecule has 0 bridgehead atoms. The number of hydrogen-bond donors (Lipinski definition) is 1. The van der Waals surface area contributed by atoms with Crippen molar-refractivity contribution in [3.8, 4) is 0 Å². The van der Waals surface area contributed by atoms with Gasteiger partial charge in [-0.2, -0.15) is 0 Å². The molecule has 1 saturated heterocycles. The molecule has 2 atom stereocenters. The molecule has 0 aliphatic carbocycles. The van der Waals surface area contributed by atoms with Crippen molar-refractivity contribution in [1.82, 2.24) is 5.01 Å². The monoisotopic (exact) mass is 337 g/mol. The topological polar surface area (TPSA) is 114 Å². The molecule has 24 heavy (non-hydrogen) atoms. The first kappa shape index (κ1) is 17.5. The first-order valence-corrected chi connectivity index (χ1v) is 7.55. The van der Waals surface area contributed by atoms with Gasteiger partial charge in [-0.25, -0.2) is 4.79 Å². The Morgan fingerprint density at radius 2 is 2.12 bits per heavy atom. The van der Waals surface area contributed by atoms with Gasteiger partial charge in [0, 0.05) is 6.92 Å². The van der Waals surface area contributed by atoms with Gasteiger partial charge in [0.1, 0.15) is 0 Å². The normalized spacial score (nSPS) is 19.5. The number of aliphatic carboxylic acids is 1. The fourth-order valence-corrected chi connectivity index (χ4v) is 2.29. The second kappa shape index (κ2) is 8.14. The first-order chi connectivity index (χ1) is 11.5. The molecule has 2 unspecified atom stereocenters. The van der Waals surface area contributed by atoms with Crippen molar-refractivity contribution in [1.29, 1.82) is 0 Å². The number of benzene rings is 1. The Labute approximate surface area is 138 Å². The zero-order chi connectivity index (χ0) is 17.5. The molecule has 0 amide bonds. The molecule has 1 aliphatic rings. The molecular weight excluding hydrogens is 318 g/mol. The number of nitrogens with zero attached hydrogens (tertiary/aromatic N) is 3. The number of hydrogen-bond acceptors (Lipinski definition) is 6. The predicted molar refractivity (Wildman–Crippen MR) is 80.4 cm³/mol. The highest BCUT2D eigenvalue weighted by molar-refractivity contribution is 5.89. The van der Waals surface area contributed by atoms with E-state index in [1.54, 1.807) is 30.3 Å². The Morgan fingerprint density at radius 3 is 2.79 bits per heavy atom. The molecule has 0 saturated carbocycles. The summed E-state index contributed by atoms with van der Waals surface area (Å²) in [6.07, 6.45) is 0.0317. The Hall–Kier alpha value is -2.84. The molecule has 9 nitrogen and oxygen atoms in total. The zero-order valence-electron chi connectivity index (χ0n) is 13.2. The van der Waals surface area contributed by atoms with Crippen LogP contribution in [-0.2, 0) is 14.4 Å². The summed E-state index contributed by atoms with van der Waals surface area (Å²) in [7, 11) is 0. The van der Waals surface area contributed by atoms with Crippen LogP contribution in [0.15, 0.2) is 35.6 Å². The van der Waals surface area contributed by atoms with Gasteiger partial charge in [-0.1, -0.05) is 18.2 Å². The summed E-state index contributed by atoms with van der Waals surface area (Å²) in [6.45, 7) is 1.87. The van der Waals surface area contributed by atoms with Crippen molar-refractivity contribution in [2.75, 3.05) is 13.1 Å². The van der Waals surface area contributed by atoms with Gasteiger partial charge in [0.15, 0.2) is 0 Å². The van der Waals surface area contributed by atoms with Gasteiger partial charge in [-0.3, -0.25) is 9.63 Å². The summed E-state index contributed by atoms with van der Waals surface area (Å²) in [5.41, 5.74) is 0.354. The molecule has 130 valence electrons. The maximum Gasteiger partial charge on any atom is 0.341 e. The van der Waals surface area contributed by atoms with Gasteiger partial charge in [0.05, 0.1) is 29.5 Å². The van der Waals surface area contributed by atoms with Crippen LogP contribution >= 0.6 is 0 Å². The van der Waals surface area contributed by atoms with Crippen LogP contribution in [0.2, 0.25) is 0 Å². The molecule has 0 radical (unpaired) electrons. The number of rotatable bonds is 6. The summed E-state index contributed by atoms with van der Waals surface area (Å²) in [4.78, 5) is 27.8. The van der Waals surface area contributed by atoms with Gasteiger partial charge in [-0.05, 0) is 25.0 Å². The van der Waals surface area contributed by atoms with Crippen molar-refractivity contribution in [2.45, 2.75) is 26.1 Å². The average molecular weight is 337 g/mol. The van der Waals surface area contributed by atoms with E-state index in [0.29, 0.717) is 24.9 Å². The van der Waals surface area contributed by atoms with Crippen LogP contribution in [0, 0.1) is 11.1 Å². The van der Waals surface area contributed by atoms with Crippen LogP contribution in [0.5, 0.6) is 0 Å². The minimum Gasteiger partial charge on any atom is -0.569 e. The third kappa shape index (κ3) is 4.83. The van der Waals surface area contributed by atoms with Crippen molar-refractivity contribution >= 4 is 11.9 Å². The van der Waals surface area contributed by atoms with Crippen LogP contribution < -0.4 is 0 Å². The lowest BCUT2D eigenvalue weighted by atomic mass is 10.00. The maximum atomic E-state index is 11.8. The molecule has 1 aromatic rings. The van der Waals surface area contributed by atoms with E-state index < -0.39 is 24.1 Å². The number of esters is 1. The Bertz CT molecular complexity index is 606. The Balaban J connectivity index is 1.85. The fourth-order valence-electron chi connectivity index (χ4n) is 2.29. The lowest BCUT2D eigenvalue weighted by molar-refractivity contribution is -0.715. The van der Waals surface area contributed by atoms with Crippen LogP contribution in [-0.4, -0.2) is 46.4 Å². The second-order valence-corrected chi connectivity index (χ2v) is 5.37. The van der Waals surface area contributed by atoms with Gasteiger partial charge >= 0.3 is 11.9 Å². The molecule has 9 heteroatoms. The predicted octanol–water partition coefficient (Wildman–Crippen LogP) is 1.80. The van der Waals surface area contributed by atoms with Gasteiger partial charge in [0.25, 0.3) is 6.29 Å². The highest BCUT2D eigenvalue weighted by Crippen LogP contribution is 2.16. The van der Waals surface area contributed by atoms with Crippen LogP contribution in [0.25, 0.3) is 0 Å². The molecular formula is C15H19N3O6. The van der Waals surface area contributed by atoms with Gasteiger partial charge in [0.2, 0.25) is 5.28 Å². The number of carbonyl (C=O) groups excluding carboxylic acids is 1. The number of carboxylic acids is 1. The van der Waals surface area contributed by atoms with E-state index in [-0.39, 0.29) is 11.5 Å². The SMILES string of the molecule is CC(O/N=[N+](/[O-])N1CCCC(C(=O)O)C1)OC(=O)c1ccccc1. The molecule has 0 spiro atoms. The minimum atomic E-state index is -1.06. The smallest absolute Gasteiger partial charge is 0.341 e. The zero-order valence-corrected chi connectivity index (χ0v) is 13.2. The van der Waals surface area contributed by atoms with E-state index in [1.807, 2.05) is 0 Å². The molecule has 1 aliphatic heterocycles. The first-order valence-electron chi connectivity index (χ1n) is 7.55. The summed E-state index contributed by atoms with van der Waals surface area (Å²) >= 11 is 0. The number of piperidine rings is 1. The van der Waals surface area contributed by atoms with Crippen molar-refractivity contribution in [2.24, 2.45) is 11.2 Å². The van der Waals surface area contributed by atoms with E-state index in [1.165, 1.54) is 11.9 Å². The summed E-state index contributed by atoms with van der Waals surface area (Å²) in [5.74, 6) is -2.16. The highest BCUT2D eigenvalue weighted by Gasteiger charge is 2.30. The third-order valence-electron chi connectivity index (χ3n) is 3.54. The molecule has 1 N–H and O–H groups in total. The Kier molecular flexibility index (Phi) is 5.94. The van der Waals surface area contributed by atoms with Crippen molar-refractivity contribution in [3.63, 3.8) is 0 Å². The number of hydrazine groups is 1. The van der Waals surface area contributed by atoms with Crippen molar-refractivity contribution in [3.05, 3.63) is 41.1 Å². The standard InChI is InChI=1S/C15H19N3O6/c1-11(23-15(21)12-6-3-2-4-7-12)24-16-18(22)17-9-5-8-13(10-17)14(19)20/h2-4,6-7,11,13H,5,8-10H2,1H3,(H,19,20)/b18-16+. The van der Waals surface area contributed by atoms with E-state index in [4.69, 9.17) is 14.7 Å². The van der Waals surface area contributed by atoms with E-state index >= 15 is 0 Å². The highest BCUT2D eigenvalue weighted by atomic mass is 16.8. The Morgan fingerprint density at radius 1 is 1.42 bits per heavy atom. The van der Waals surface area contributed by atoms with E-state index in [9.17, 15) is 14.8 Å². The summed E-state index contributed by atoms with van der Waals surface area (Å²) in [5, 5.41) is 25.4. The fraction of sp³-hybridized carbons (Fsp3) is 0.467. The largest absolute Gasteiger partial charge is 0.569 e. The van der Waals surface area contributed by atoms with E-state index in [0.717, 1.165) is 0 Å². The maximum absolute atomic E-state index is 11.8. The third-order valence-corrected chi connectivity index (χ3v) is 3.54. The summed E-state index contributed by atoms with van der Waals surface area (Å²) < 4.78 is 5.00. The van der Waals surface area contributed by atoms with Gasteiger partial charge in [-0.15, -0.1) is 5.01 Å². The summed E-state index contributed by atoms with van der Waals surface area (Å²) in [6, 6.07) is 8.34. The van der Waals surface area contributed by atoms with Crippen LogP contribution in [0.3, 0.4) is 0 Å². The number of ether oxygens (including phenoxy) is 1. The quantitative estimate of drug-likeness (QED) is 0.277. The average Bonchev–Trinajstić information content (AvgIpc) is 2.60. The van der Waals surface area contributed by atoms with Gasteiger partial charge < -0.3 is 15.1 Å². The number of carboxylic acid groups (broad SMARTS) is 1. The lowest BCUT2D eigenvalue weighted by Crippen LogP contribution is -2.42. The molecule has 0 aromatic heterocycles. The molecule has 1 aromatic carbocycles. The molecule has 1 heterocycles. The molecule has 1 fully saturated rings. The minimum absolute atomic E-state index is 0.0594. The van der Waals surface area contributed by atoms with Crippen LogP contribution in [0.1, 0.15) is 30.1 Å². The van der Waals surface area contributed by atoms with Crippen LogP contribution in [0.4, 0.5) is 0 Å². The molecule has 2 rings (SSSR count). The van der Waals surface area contributed by atoms with Crippen molar-refractivity contribution < 1.29 is 29.2 Å². The second-order valence-electron chi connectivity index (χ2n) is 5.37.